The number of aliphatic carboxylic acids is 1. The summed E-state index contributed by atoms with van der Waals surface area (Å²) in [6.45, 7) is 0. The molecule has 0 bridgehead atoms. The number of hydrogen-bond donors (Lipinski definition) is 2. The maximum atomic E-state index is 11.5. The Morgan fingerprint density at radius 3 is 2.89 bits per heavy atom. The summed E-state index contributed by atoms with van der Waals surface area (Å²) in [5, 5.41) is 21.8. The van der Waals surface area contributed by atoms with Crippen LogP contribution in [-0.4, -0.2) is 22.0 Å². The van der Waals surface area contributed by atoms with Crippen LogP contribution in [0.25, 0.3) is 0 Å². The minimum absolute atomic E-state index is 0.0104. The van der Waals surface area contributed by atoms with Crippen molar-refractivity contribution in [3.63, 3.8) is 0 Å². The first kappa shape index (κ1) is 12.6. The molecule has 2 N–H and O–H groups in total. The lowest BCUT2D eigenvalue weighted by Crippen LogP contribution is -2.23. The Kier molecular flexibility index (Phi) is 3.15. The zero-order chi connectivity index (χ0) is 14.0. The van der Waals surface area contributed by atoms with Crippen LogP contribution in [0.5, 0.6) is 5.75 Å². The second-order valence-electron chi connectivity index (χ2n) is 3.67. The Bertz CT molecular complexity index is 607. The van der Waals surface area contributed by atoms with Crippen LogP contribution in [-0.2, 0) is 9.59 Å². The number of non-ortho nitro benzene ring substituents is 1. The number of carboxylic acids is 1. The molecular weight excluding hydrogens is 256 g/mol. The first-order valence-electron chi connectivity index (χ1n) is 5.17. The summed E-state index contributed by atoms with van der Waals surface area (Å²) in [7, 11) is 0. The molecule has 0 saturated heterocycles. The molecule has 0 unspecified atom stereocenters. The zero-order valence-corrected chi connectivity index (χ0v) is 9.45. The first-order chi connectivity index (χ1) is 8.97. The fourth-order valence-electron chi connectivity index (χ4n) is 1.49. The predicted molar refractivity (Wildman–Crippen MR) is 62.7 cm³/mol. The van der Waals surface area contributed by atoms with E-state index in [-0.39, 0.29) is 23.6 Å². The van der Waals surface area contributed by atoms with E-state index in [1.54, 1.807) is 0 Å². The van der Waals surface area contributed by atoms with Gasteiger partial charge in [-0.05, 0) is 12.1 Å². The highest BCUT2D eigenvalue weighted by molar-refractivity contribution is 5.98. The molecule has 0 aromatic heterocycles. The van der Waals surface area contributed by atoms with Crippen LogP contribution in [0.4, 0.5) is 11.4 Å². The fourth-order valence-corrected chi connectivity index (χ4v) is 1.49. The monoisotopic (exact) mass is 264 g/mol. The van der Waals surface area contributed by atoms with E-state index < -0.39 is 16.9 Å². The van der Waals surface area contributed by atoms with Crippen molar-refractivity contribution in [3.05, 3.63) is 40.1 Å². The molecule has 1 heterocycles. The normalized spacial score (nSPS) is 15.4. The topological polar surface area (TPSA) is 119 Å². The molecule has 8 nitrogen and oxygen atoms in total. The summed E-state index contributed by atoms with van der Waals surface area (Å²) < 4.78 is 4.90. The Hall–Kier alpha value is -2.90. The highest BCUT2D eigenvalue weighted by atomic mass is 16.6. The third-order valence-corrected chi connectivity index (χ3v) is 2.35. The smallest absolute Gasteiger partial charge is 0.359 e. The molecule has 19 heavy (non-hydrogen) atoms. The van der Waals surface area contributed by atoms with Gasteiger partial charge in [-0.25, -0.2) is 4.79 Å². The van der Waals surface area contributed by atoms with Gasteiger partial charge in [0.2, 0.25) is 0 Å². The summed E-state index contributed by atoms with van der Waals surface area (Å²) in [6, 6.07) is 3.75. The van der Waals surface area contributed by atoms with Gasteiger partial charge in [0.15, 0.2) is 5.75 Å². The number of nitrogens with zero attached hydrogens (tertiary/aromatic N) is 1. The molecule has 0 radical (unpaired) electrons. The molecule has 0 aliphatic carbocycles. The zero-order valence-electron chi connectivity index (χ0n) is 9.45. The number of nitro groups is 1. The van der Waals surface area contributed by atoms with Gasteiger partial charge in [-0.1, -0.05) is 0 Å². The first-order valence-corrected chi connectivity index (χ1v) is 5.17. The highest BCUT2D eigenvalue weighted by Crippen LogP contribution is 2.33. The van der Waals surface area contributed by atoms with Crippen molar-refractivity contribution in [2.45, 2.75) is 6.42 Å². The molecule has 0 saturated carbocycles. The van der Waals surface area contributed by atoms with Gasteiger partial charge >= 0.3 is 11.9 Å². The van der Waals surface area contributed by atoms with E-state index in [1.165, 1.54) is 18.2 Å². The van der Waals surface area contributed by atoms with Gasteiger partial charge in [0.05, 0.1) is 23.1 Å². The maximum Gasteiger partial charge on any atom is 0.359 e. The van der Waals surface area contributed by atoms with Crippen molar-refractivity contribution >= 4 is 23.3 Å². The standard InChI is InChI=1S/C11H8N2O6/c14-10(15)4-3-8-11(16)19-9-5-6(13(17)18)1-2-7(9)12-8/h1-3,5,12H,4H2,(H,14,15)/b8-3+. The number of ether oxygens (including phenoxy) is 1. The number of rotatable bonds is 3. The lowest BCUT2D eigenvalue weighted by atomic mass is 10.2. The molecule has 8 heteroatoms. The summed E-state index contributed by atoms with van der Waals surface area (Å²) in [4.78, 5) is 31.9. The number of benzene rings is 1. The molecular formula is C11H8N2O6. The number of carbonyl (C=O) groups excluding carboxylic acids is 1. The van der Waals surface area contributed by atoms with Gasteiger partial charge in [-0.15, -0.1) is 0 Å². The van der Waals surface area contributed by atoms with Crippen molar-refractivity contribution < 1.29 is 24.4 Å². The van der Waals surface area contributed by atoms with E-state index in [4.69, 9.17) is 9.84 Å². The molecule has 2 rings (SSSR count). The van der Waals surface area contributed by atoms with Gasteiger partial charge in [-0.3, -0.25) is 14.9 Å². The Morgan fingerprint density at radius 2 is 2.26 bits per heavy atom. The highest BCUT2D eigenvalue weighted by Gasteiger charge is 2.24. The van der Waals surface area contributed by atoms with Crippen molar-refractivity contribution in [3.8, 4) is 5.75 Å². The Labute approximate surface area is 106 Å². The molecule has 1 aliphatic heterocycles. The van der Waals surface area contributed by atoms with E-state index >= 15 is 0 Å². The molecule has 0 atom stereocenters. The average Bonchev–Trinajstić information content (AvgIpc) is 2.35. The number of esters is 1. The van der Waals surface area contributed by atoms with E-state index in [0.717, 1.165) is 6.07 Å². The second-order valence-corrected chi connectivity index (χ2v) is 3.67. The van der Waals surface area contributed by atoms with E-state index in [2.05, 4.69) is 5.32 Å². The van der Waals surface area contributed by atoms with Crippen LogP contribution in [0.1, 0.15) is 6.42 Å². The third-order valence-electron chi connectivity index (χ3n) is 2.35. The number of anilines is 1. The van der Waals surface area contributed by atoms with Crippen LogP contribution in [0.2, 0.25) is 0 Å². The maximum absolute atomic E-state index is 11.5. The molecule has 1 aromatic rings. The summed E-state index contributed by atoms with van der Waals surface area (Å²) >= 11 is 0. The predicted octanol–water partition coefficient (Wildman–Crippen LogP) is 1.28. The van der Waals surface area contributed by atoms with Crippen molar-refractivity contribution in [2.75, 3.05) is 5.32 Å². The Balaban J connectivity index is 2.29. The molecule has 1 aliphatic rings. The minimum atomic E-state index is -1.09. The van der Waals surface area contributed by atoms with Crippen molar-refractivity contribution in [1.82, 2.24) is 0 Å². The van der Waals surface area contributed by atoms with Gasteiger partial charge in [0.1, 0.15) is 5.70 Å². The molecule has 0 amide bonds. The summed E-state index contributed by atoms with van der Waals surface area (Å²) in [6.07, 6.45) is 0.842. The summed E-state index contributed by atoms with van der Waals surface area (Å²) in [5.74, 6) is -1.84. The average molecular weight is 264 g/mol. The lowest BCUT2D eigenvalue weighted by Gasteiger charge is -2.19. The number of nitro benzene ring substituents is 1. The van der Waals surface area contributed by atoms with Crippen LogP contribution < -0.4 is 10.1 Å². The van der Waals surface area contributed by atoms with E-state index in [9.17, 15) is 19.7 Å². The third kappa shape index (κ3) is 2.68. The number of nitrogens with one attached hydrogen (secondary N) is 1. The quantitative estimate of drug-likeness (QED) is 0.277. The molecule has 1 aromatic carbocycles. The van der Waals surface area contributed by atoms with E-state index in [0.29, 0.717) is 5.69 Å². The molecule has 0 fully saturated rings. The van der Waals surface area contributed by atoms with Crippen LogP contribution in [0, 0.1) is 10.1 Å². The second kappa shape index (κ2) is 4.77. The van der Waals surface area contributed by atoms with Gasteiger partial charge in [-0.2, -0.15) is 0 Å². The van der Waals surface area contributed by atoms with Crippen molar-refractivity contribution in [1.29, 1.82) is 0 Å². The van der Waals surface area contributed by atoms with Gasteiger partial charge in [0, 0.05) is 6.07 Å². The Morgan fingerprint density at radius 1 is 1.53 bits per heavy atom. The number of carbonyl (C=O) groups is 2. The van der Waals surface area contributed by atoms with Crippen LogP contribution >= 0.6 is 0 Å². The van der Waals surface area contributed by atoms with Gasteiger partial charge in [0.25, 0.3) is 5.69 Å². The number of fused-ring (bicyclic) bond motifs is 1. The van der Waals surface area contributed by atoms with Gasteiger partial charge < -0.3 is 15.2 Å². The van der Waals surface area contributed by atoms with E-state index in [1.807, 2.05) is 0 Å². The number of hydrogen-bond acceptors (Lipinski definition) is 6. The van der Waals surface area contributed by atoms with Crippen LogP contribution in [0.3, 0.4) is 0 Å². The lowest BCUT2D eigenvalue weighted by molar-refractivity contribution is -0.384. The van der Waals surface area contributed by atoms with Crippen molar-refractivity contribution in [2.24, 2.45) is 0 Å². The fraction of sp³-hybridized carbons (Fsp3) is 0.0909. The summed E-state index contributed by atoms with van der Waals surface area (Å²) in [5.41, 5.74) is 0.150. The minimum Gasteiger partial charge on any atom is -0.481 e. The number of carboxylic acid groups (broad SMARTS) is 1. The molecule has 98 valence electrons. The SMILES string of the molecule is O=C(O)C/C=C1/Nc2ccc([N+](=O)[O-])cc2OC1=O. The largest absolute Gasteiger partial charge is 0.481 e. The molecule has 0 spiro atoms. The van der Waals surface area contributed by atoms with Crippen LogP contribution in [0.15, 0.2) is 30.0 Å².